The van der Waals surface area contributed by atoms with Crippen LogP contribution >= 0.6 is 0 Å². The lowest BCUT2D eigenvalue weighted by atomic mass is 9.71. The molecule has 0 atom stereocenters. The number of aliphatic carboxylic acids is 1. The van der Waals surface area contributed by atoms with Crippen molar-refractivity contribution in [2.24, 2.45) is 0 Å². The van der Waals surface area contributed by atoms with E-state index in [1.54, 1.807) is 13.0 Å². The van der Waals surface area contributed by atoms with Gasteiger partial charge in [0.25, 0.3) is 0 Å². The molecule has 1 aliphatic carbocycles. The van der Waals surface area contributed by atoms with Gasteiger partial charge >= 0.3 is 5.97 Å². The van der Waals surface area contributed by atoms with Crippen LogP contribution in [0.5, 0.6) is 0 Å². The molecule has 0 unspecified atom stereocenters. The van der Waals surface area contributed by atoms with Gasteiger partial charge in [0.1, 0.15) is 5.41 Å². The van der Waals surface area contributed by atoms with Gasteiger partial charge in [-0.05, 0) is 25.8 Å². The Morgan fingerprint density at radius 1 is 1.35 bits per heavy atom. The smallest absolute Gasteiger partial charge is 0.315 e. The number of nitrogen functional groups attached to an aromatic ring is 1. The Morgan fingerprint density at radius 3 is 2.53 bits per heavy atom. The van der Waals surface area contributed by atoms with Crippen molar-refractivity contribution in [2.75, 3.05) is 5.73 Å². The average Bonchev–Trinajstić information content (AvgIpc) is 2.28. The highest BCUT2D eigenvalue weighted by Gasteiger charge is 2.42. The third kappa shape index (κ3) is 2.09. The normalized spacial score (nSPS) is 18.9. The van der Waals surface area contributed by atoms with E-state index in [2.05, 4.69) is 9.97 Å². The fraction of sp³-hybridized carbons (Fsp3) is 0.583. The predicted molar refractivity (Wildman–Crippen MR) is 63.6 cm³/mol. The number of aryl methyl sites for hydroxylation is 1. The van der Waals surface area contributed by atoms with E-state index >= 15 is 0 Å². The summed E-state index contributed by atoms with van der Waals surface area (Å²) in [5, 5.41) is 9.52. The van der Waals surface area contributed by atoms with E-state index in [1.165, 1.54) is 0 Å². The third-order valence-corrected chi connectivity index (χ3v) is 3.48. The minimum Gasteiger partial charge on any atom is -0.481 e. The van der Waals surface area contributed by atoms with Gasteiger partial charge < -0.3 is 10.8 Å². The molecule has 1 heterocycles. The van der Waals surface area contributed by atoms with Crippen molar-refractivity contribution < 1.29 is 9.90 Å². The first kappa shape index (κ1) is 11.8. The van der Waals surface area contributed by atoms with Crippen LogP contribution in [0, 0.1) is 6.92 Å². The Bertz CT molecular complexity index is 419. The Labute approximate surface area is 100 Å². The van der Waals surface area contributed by atoms with Crippen LogP contribution in [-0.2, 0) is 10.2 Å². The maximum absolute atomic E-state index is 11.6. The lowest BCUT2D eigenvalue weighted by Gasteiger charge is -2.32. The predicted octanol–water partition coefficient (Wildman–Crippen LogP) is 1.65. The number of anilines is 1. The highest BCUT2D eigenvalue weighted by Crippen LogP contribution is 2.39. The van der Waals surface area contributed by atoms with Crippen LogP contribution in [0.1, 0.15) is 43.5 Å². The van der Waals surface area contributed by atoms with Crippen molar-refractivity contribution in [2.45, 2.75) is 44.4 Å². The SMILES string of the molecule is Cc1cc(C2(C(=O)O)CCCCC2)nc(N)n1. The van der Waals surface area contributed by atoms with Crippen molar-refractivity contribution in [3.63, 3.8) is 0 Å². The highest BCUT2D eigenvalue weighted by atomic mass is 16.4. The molecule has 1 aromatic rings. The van der Waals surface area contributed by atoms with Crippen molar-refractivity contribution in [1.29, 1.82) is 0 Å². The molecule has 0 saturated heterocycles. The van der Waals surface area contributed by atoms with E-state index in [0.29, 0.717) is 18.5 Å². The van der Waals surface area contributed by atoms with Gasteiger partial charge in [0.2, 0.25) is 5.95 Å². The first-order valence-corrected chi connectivity index (χ1v) is 5.90. The molecule has 5 heteroatoms. The maximum atomic E-state index is 11.6. The van der Waals surface area contributed by atoms with Crippen LogP contribution in [0.15, 0.2) is 6.07 Å². The summed E-state index contributed by atoms with van der Waals surface area (Å²) in [7, 11) is 0. The van der Waals surface area contributed by atoms with Crippen molar-refractivity contribution >= 4 is 11.9 Å². The number of nitrogens with two attached hydrogens (primary N) is 1. The molecule has 1 aromatic heterocycles. The molecule has 5 nitrogen and oxygen atoms in total. The number of hydrogen-bond acceptors (Lipinski definition) is 4. The lowest BCUT2D eigenvalue weighted by molar-refractivity contribution is -0.145. The maximum Gasteiger partial charge on any atom is 0.315 e. The van der Waals surface area contributed by atoms with Gasteiger partial charge in [0.05, 0.1) is 5.69 Å². The third-order valence-electron chi connectivity index (χ3n) is 3.48. The van der Waals surface area contributed by atoms with E-state index in [4.69, 9.17) is 5.73 Å². The van der Waals surface area contributed by atoms with Gasteiger partial charge in [0.15, 0.2) is 0 Å². The molecule has 0 aromatic carbocycles. The van der Waals surface area contributed by atoms with Gasteiger partial charge in [-0.2, -0.15) is 0 Å². The second kappa shape index (κ2) is 4.31. The van der Waals surface area contributed by atoms with Crippen LogP contribution in [-0.4, -0.2) is 21.0 Å². The number of nitrogens with zero attached hydrogens (tertiary/aromatic N) is 2. The van der Waals surface area contributed by atoms with E-state index in [9.17, 15) is 9.90 Å². The summed E-state index contributed by atoms with van der Waals surface area (Å²) in [6, 6.07) is 1.75. The molecule has 0 bridgehead atoms. The van der Waals surface area contributed by atoms with Crippen LogP contribution in [0.2, 0.25) is 0 Å². The number of carboxylic acids is 1. The van der Waals surface area contributed by atoms with Crippen LogP contribution in [0.25, 0.3) is 0 Å². The molecule has 0 aliphatic heterocycles. The van der Waals surface area contributed by atoms with Crippen molar-refractivity contribution in [1.82, 2.24) is 9.97 Å². The summed E-state index contributed by atoms with van der Waals surface area (Å²) in [5.74, 6) is -0.638. The van der Waals surface area contributed by atoms with Crippen LogP contribution in [0.4, 0.5) is 5.95 Å². The highest BCUT2D eigenvalue weighted by molar-refractivity contribution is 5.81. The fourth-order valence-corrected chi connectivity index (χ4v) is 2.57. The molecule has 1 aliphatic rings. The number of hydrogen-bond donors (Lipinski definition) is 2. The second-order valence-electron chi connectivity index (χ2n) is 4.70. The molecule has 1 fully saturated rings. The van der Waals surface area contributed by atoms with Gasteiger partial charge in [-0.15, -0.1) is 0 Å². The van der Waals surface area contributed by atoms with E-state index < -0.39 is 11.4 Å². The van der Waals surface area contributed by atoms with E-state index in [1.807, 2.05) is 0 Å². The monoisotopic (exact) mass is 235 g/mol. The summed E-state index contributed by atoms with van der Waals surface area (Å²) in [5.41, 5.74) is 6.03. The minimum absolute atomic E-state index is 0.159. The average molecular weight is 235 g/mol. The first-order chi connectivity index (χ1) is 8.04. The number of rotatable bonds is 2. The van der Waals surface area contributed by atoms with Gasteiger partial charge in [-0.3, -0.25) is 4.79 Å². The molecule has 3 N–H and O–H groups in total. The summed E-state index contributed by atoms with van der Waals surface area (Å²) in [6.45, 7) is 1.81. The zero-order chi connectivity index (χ0) is 12.5. The topological polar surface area (TPSA) is 89.1 Å². The Hall–Kier alpha value is -1.65. The van der Waals surface area contributed by atoms with Crippen LogP contribution in [0.3, 0.4) is 0 Å². The zero-order valence-electron chi connectivity index (χ0n) is 9.94. The zero-order valence-corrected chi connectivity index (χ0v) is 9.94. The van der Waals surface area contributed by atoms with Gasteiger partial charge in [-0.1, -0.05) is 19.3 Å². The Kier molecular flexibility index (Phi) is 3.00. The summed E-state index contributed by atoms with van der Waals surface area (Å²) in [6.07, 6.45) is 4.22. The molecule has 0 amide bonds. The van der Waals surface area contributed by atoms with Crippen LogP contribution < -0.4 is 5.73 Å². The summed E-state index contributed by atoms with van der Waals surface area (Å²) in [4.78, 5) is 19.7. The fourth-order valence-electron chi connectivity index (χ4n) is 2.57. The second-order valence-corrected chi connectivity index (χ2v) is 4.70. The van der Waals surface area contributed by atoms with E-state index in [-0.39, 0.29) is 5.95 Å². The molecule has 1 saturated carbocycles. The minimum atomic E-state index is -0.861. The molecule has 0 radical (unpaired) electrons. The first-order valence-electron chi connectivity index (χ1n) is 5.90. The quantitative estimate of drug-likeness (QED) is 0.813. The lowest BCUT2D eigenvalue weighted by Crippen LogP contribution is -2.39. The Balaban J connectivity index is 2.48. The molecule has 2 rings (SSSR count). The van der Waals surface area contributed by atoms with Crippen molar-refractivity contribution in [3.05, 3.63) is 17.5 Å². The van der Waals surface area contributed by atoms with E-state index in [0.717, 1.165) is 25.0 Å². The number of aromatic nitrogens is 2. The molecule has 17 heavy (non-hydrogen) atoms. The molecular weight excluding hydrogens is 218 g/mol. The summed E-state index contributed by atoms with van der Waals surface area (Å²) < 4.78 is 0. The number of carbonyl (C=O) groups is 1. The standard InChI is InChI=1S/C12H17N3O2/c1-8-7-9(15-11(13)14-8)12(10(16)17)5-3-2-4-6-12/h7H,2-6H2,1H3,(H,16,17)(H2,13,14,15). The van der Waals surface area contributed by atoms with Crippen molar-refractivity contribution in [3.8, 4) is 0 Å². The molecule has 92 valence electrons. The Morgan fingerprint density at radius 2 is 2.00 bits per heavy atom. The molecular formula is C12H17N3O2. The summed E-state index contributed by atoms with van der Waals surface area (Å²) >= 11 is 0. The number of carboxylic acid groups (broad SMARTS) is 1. The van der Waals surface area contributed by atoms with Gasteiger partial charge in [-0.25, -0.2) is 9.97 Å². The van der Waals surface area contributed by atoms with Gasteiger partial charge in [0, 0.05) is 5.69 Å². The molecule has 0 spiro atoms. The largest absolute Gasteiger partial charge is 0.481 e.